The van der Waals surface area contributed by atoms with Gasteiger partial charge in [0.05, 0.1) is 38.1 Å². The maximum Gasteiger partial charge on any atom is 0.342 e. The summed E-state index contributed by atoms with van der Waals surface area (Å²) in [6.07, 6.45) is 0. The largest absolute Gasteiger partial charge is 0.496 e. The number of carbonyl (C=O) groups is 4. The Morgan fingerprint density at radius 2 is 1.42 bits per heavy atom. The maximum atomic E-state index is 12.6. The Kier molecular flexibility index (Phi) is 7.24. The molecule has 3 rings (SSSR count). The molecule has 33 heavy (non-hydrogen) atoms. The van der Waals surface area contributed by atoms with E-state index in [2.05, 4.69) is 10.1 Å². The lowest BCUT2D eigenvalue weighted by Gasteiger charge is -2.13. The van der Waals surface area contributed by atoms with Crippen LogP contribution in [0.5, 0.6) is 5.75 Å². The molecule has 0 atom stereocenters. The Hall–Kier alpha value is -4.40. The fourth-order valence-electron chi connectivity index (χ4n) is 3.12. The highest BCUT2D eigenvalue weighted by Gasteiger charge is 2.20. The van der Waals surface area contributed by atoms with Crippen molar-refractivity contribution in [1.82, 2.24) is 0 Å². The van der Waals surface area contributed by atoms with E-state index < -0.39 is 30.4 Å². The fraction of sp³-hybridized carbons (Fsp3) is 0.167. The normalized spacial score (nSPS) is 10.3. The first-order valence-electron chi connectivity index (χ1n) is 9.72. The number of benzene rings is 3. The Bertz CT molecular complexity index is 1230. The summed E-state index contributed by atoms with van der Waals surface area (Å²) in [6, 6.07) is 14.7. The zero-order valence-corrected chi connectivity index (χ0v) is 18.2. The average Bonchev–Trinajstić information content (AvgIpc) is 2.85. The van der Waals surface area contributed by atoms with Gasteiger partial charge in [-0.15, -0.1) is 0 Å². The van der Waals surface area contributed by atoms with Crippen LogP contribution in [0.2, 0.25) is 0 Å². The Morgan fingerprint density at radius 1 is 0.758 bits per heavy atom. The zero-order valence-electron chi connectivity index (χ0n) is 18.2. The number of carbonyl (C=O) groups excluding carboxylic acids is 4. The summed E-state index contributed by atoms with van der Waals surface area (Å²) in [5.74, 6) is -2.56. The van der Waals surface area contributed by atoms with Crippen LogP contribution in [0.3, 0.4) is 0 Å². The van der Waals surface area contributed by atoms with Gasteiger partial charge in [0, 0.05) is 0 Å². The summed E-state index contributed by atoms with van der Waals surface area (Å²) in [5.41, 5.74) is 0.292. The first-order valence-corrected chi connectivity index (χ1v) is 9.72. The number of methoxy groups -OCH3 is 3. The summed E-state index contributed by atoms with van der Waals surface area (Å²) in [5, 5.41) is 4.14. The molecule has 9 nitrogen and oxygen atoms in total. The van der Waals surface area contributed by atoms with Gasteiger partial charge >= 0.3 is 17.9 Å². The van der Waals surface area contributed by atoms with E-state index in [-0.39, 0.29) is 22.4 Å². The van der Waals surface area contributed by atoms with E-state index in [9.17, 15) is 19.2 Å². The lowest BCUT2D eigenvalue weighted by atomic mass is 10.1. The summed E-state index contributed by atoms with van der Waals surface area (Å²) < 4.78 is 19.8. The van der Waals surface area contributed by atoms with Crippen LogP contribution in [0.15, 0.2) is 54.6 Å². The monoisotopic (exact) mass is 451 g/mol. The van der Waals surface area contributed by atoms with Crippen LogP contribution in [-0.4, -0.2) is 51.8 Å². The summed E-state index contributed by atoms with van der Waals surface area (Å²) in [7, 11) is 3.81. The molecule has 0 heterocycles. The van der Waals surface area contributed by atoms with Crippen molar-refractivity contribution in [3.63, 3.8) is 0 Å². The Morgan fingerprint density at radius 3 is 2.06 bits per heavy atom. The third kappa shape index (κ3) is 5.27. The van der Waals surface area contributed by atoms with Crippen LogP contribution < -0.4 is 10.1 Å². The molecular formula is C24H21NO8. The van der Waals surface area contributed by atoms with Crippen LogP contribution in [0.1, 0.15) is 31.1 Å². The van der Waals surface area contributed by atoms with Gasteiger partial charge in [-0.05, 0) is 41.1 Å². The highest BCUT2D eigenvalue weighted by atomic mass is 16.5. The molecule has 9 heteroatoms. The minimum Gasteiger partial charge on any atom is -0.496 e. The highest BCUT2D eigenvalue weighted by molar-refractivity contribution is 6.05. The van der Waals surface area contributed by atoms with Crippen molar-refractivity contribution in [2.75, 3.05) is 33.3 Å². The lowest BCUT2D eigenvalue weighted by Crippen LogP contribution is -2.23. The molecule has 0 aliphatic heterocycles. The van der Waals surface area contributed by atoms with E-state index in [0.29, 0.717) is 5.75 Å². The molecule has 0 unspecified atom stereocenters. The third-order valence-electron chi connectivity index (χ3n) is 4.74. The molecule has 0 aliphatic rings. The summed E-state index contributed by atoms with van der Waals surface area (Å²) >= 11 is 0. The van der Waals surface area contributed by atoms with Gasteiger partial charge in [0.25, 0.3) is 5.91 Å². The van der Waals surface area contributed by atoms with E-state index in [1.807, 2.05) is 24.3 Å². The predicted octanol–water partition coefficient (Wildman–Crippen LogP) is 3.22. The molecular weight excluding hydrogens is 430 g/mol. The maximum absolute atomic E-state index is 12.6. The number of rotatable bonds is 7. The van der Waals surface area contributed by atoms with Gasteiger partial charge in [0.15, 0.2) is 6.61 Å². The molecule has 0 radical (unpaired) electrons. The molecule has 3 aromatic carbocycles. The minimum atomic E-state index is -0.760. The van der Waals surface area contributed by atoms with Crippen LogP contribution in [-0.2, 0) is 19.0 Å². The number of ether oxygens (including phenoxy) is 4. The fourth-order valence-corrected chi connectivity index (χ4v) is 3.12. The molecule has 0 aromatic heterocycles. The van der Waals surface area contributed by atoms with Gasteiger partial charge in [-0.3, -0.25) is 4.79 Å². The summed E-state index contributed by atoms with van der Waals surface area (Å²) in [6.45, 7) is -0.641. The second-order valence-electron chi connectivity index (χ2n) is 6.77. The van der Waals surface area contributed by atoms with E-state index in [1.54, 1.807) is 12.1 Å². The second kappa shape index (κ2) is 10.3. The van der Waals surface area contributed by atoms with E-state index in [4.69, 9.17) is 14.2 Å². The van der Waals surface area contributed by atoms with Crippen molar-refractivity contribution in [3.05, 3.63) is 71.3 Å². The van der Waals surface area contributed by atoms with Crippen molar-refractivity contribution < 1.29 is 38.1 Å². The molecule has 0 saturated carbocycles. The smallest absolute Gasteiger partial charge is 0.342 e. The van der Waals surface area contributed by atoms with Crippen LogP contribution in [0, 0.1) is 0 Å². The van der Waals surface area contributed by atoms with Gasteiger partial charge in [-0.1, -0.05) is 24.3 Å². The minimum absolute atomic E-state index is 0.00841. The van der Waals surface area contributed by atoms with Gasteiger partial charge in [-0.2, -0.15) is 0 Å². The van der Waals surface area contributed by atoms with E-state index in [1.165, 1.54) is 39.5 Å². The number of fused-ring (bicyclic) bond motifs is 1. The van der Waals surface area contributed by atoms with E-state index in [0.717, 1.165) is 10.8 Å². The van der Waals surface area contributed by atoms with Crippen LogP contribution in [0.4, 0.5) is 5.69 Å². The van der Waals surface area contributed by atoms with Crippen molar-refractivity contribution in [3.8, 4) is 5.75 Å². The Labute approximate surface area is 189 Å². The molecule has 1 amide bonds. The van der Waals surface area contributed by atoms with Crippen molar-refractivity contribution >= 4 is 40.3 Å². The average molecular weight is 451 g/mol. The highest BCUT2D eigenvalue weighted by Crippen LogP contribution is 2.26. The predicted molar refractivity (Wildman–Crippen MR) is 119 cm³/mol. The number of hydrogen-bond acceptors (Lipinski definition) is 8. The molecule has 3 aromatic rings. The Balaban J connectivity index is 1.76. The molecule has 0 fully saturated rings. The van der Waals surface area contributed by atoms with Gasteiger partial charge in [-0.25, -0.2) is 14.4 Å². The lowest BCUT2D eigenvalue weighted by molar-refractivity contribution is -0.119. The molecule has 0 aliphatic carbocycles. The van der Waals surface area contributed by atoms with E-state index >= 15 is 0 Å². The topological polar surface area (TPSA) is 117 Å². The molecule has 0 bridgehead atoms. The van der Waals surface area contributed by atoms with Crippen LogP contribution in [0.25, 0.3) is 10.8 Å². The van der Waals surface area contributed by atoms with Crippen molar-refractivity contribution in [2.24, 2.45) is 0 Å². The molecule has 1 N–H and O–H groups in total. The van der Waals surface area contributed by atoms with Crippen molar-refractivity contribution in [1.29, 1.82) is 0 Å². The third-order valence-corrected chi connectivity index (χ3v) is 4.74. The molecule has 170 valence electrons. The van der Waals surface area contributed by atoms with Gasteiger partial charge < -0.3 is 24.3 Å². The first kappa shape index (κ1) is 23.3. The first-order chi connectivity index (χ1) is 15.9. The number of amides is 1. The number of esters is 3. The summed E-state index contributed by atoms with van der Waals surface area (Å²) in [4.78, 5) is 48.9. The van der Waals surface area contributed by atoms with Gasteiger partial charge in [0.1, 0.15) is 11.3 Å². The second-order valence-corrected chi connectivity index (χ2v) is 6.77. The number of anilines is 1. The SMILES string of the molecule is COC(=O)c1ccc(C(=O)OC)c(NC(=O)COC(=O)c2cc3ccccc3cc2OC)c1. The van der Waals surface area contributed by atoms with Crippen molar-refractivity contribution in [2.45, 2.75) is 0 Å². The number of nitrogens with one attached hydrogen (secondary N) is 1. The number of hydrogen-bond donors (Lipinski definition) is 1. The van der Waals surface area contributed by atoms with Crippen LogP contribution >= 0.6 is 0 Å². The van der Waals surface area contributed by atoms with Gasteiger partial charge in [0.2, 0.25) is 0 Å². The zero-order chi connectivity index (χ0) is 24.0. The quantitative estimate of drug-likeness (QED) is 0.430. The molecule has 0 spiro atoms. The standard InChI is InChI=1S/C24H21NO8/c1-30-20-12-15-7-5-4-6-14(15)10-18(20)24(29)33-13-21(26)25-19-11-16(22(27)31-2)8-9-17(19)23(28)32-3/h4-12H,13H2,1-3H3,(H,25,26). The molecule has 0 saturated heterocycles.